The van der Waals surface area contributed by atoms with Crippen molar-refractivity contribution in [3.63, 3.8) is 0 Å². The van der Waals surface area contributed by atoms with E-state index in [-0.39, 0.29) is 6.54 Å². The molecule has 1 atom stereocenters. The summed E-state index contributed by atoms with van der Waals surface area (Å²) in [5.74, 6) is -0.418. The zero-order valence-electron chi connectivity index (χ0n) is 8.78. The van der Waals surface area contributed by atoms with Gasteiger partial charge in [-0.25, -0.2) is 0 Å². The third-order valence-corrected chi connectivity index (χ3v) is 1.79. The van der Waals surface area contributed by atoms with Crippen LogP contribution in [0.4, 0.5) is 0 Å². The minimum absolute atomic E-state index is 0.137. The molecule has 1 amide bonds. The molecule has 92 valence electrons. The largest absolute Gasteiger partial charge is 0.389 e. The van der Waals surface area contributed by atoms with Crippen LogP contribution in [0.3, 0.4) is 0 Å². The van der Waals surface area contributed by atoms with Crippen molar-refractivity contribution in [2.45, 2.75) is 6.10 Å². The van der Waals surface area contributed by atoms with E-state index in [0.717, 1.165) is 0 Å². The Morgan fingerprint density at radius 1 is 1.71 bits per heavy atom. The normalized spacial score (nSPS) is 11.6. The molecule has 0 radical (unpaired) electrons. The van der Waals surface area contributed by atoms with Crippen LogP contribution in [0.1, 0.15) is 10.4 Å². The molecule has 2 N–H and O–H groups in total. The van der Waals surface area contributed by atoms with Crippen molar-refractivity contribution >= 4 is 5.91 Å². The van der Waals surface area contributed by atoms with E-state index in [2.05, 4.69) is 15.1 Å². The van der Waals surface area contributed by atoms with Crippen molar-refractivity contribution in [2.75, 3.05) is 13.2 Å². The van der Waals surface area contributed by atoms with Crippen molar-refractivity contribution in [3.05, 3.63) is 40.2 Å². The van der Waals surface area contributed by atoms with Crippen molar-refractivity contribution in [1.29, 1.82) is 0 Å². The highest BCUT2D eigenvalue weighted by Crippen LogP contribution is 1.95. The zero-order valence-corrected chi connectivity index (χ0v) is 8.78. The average molecular weight is 241 g/mol. The highest BCUT2D eigenvalue weighted by atomic mass is 17.0. The summed E-state index contributed by atoms with van der Waals surface area (Å²) in [7, 11) is 0. The number of aliphatic hydroxyl groups is 1. The zero-order chi connectivity index (χ0) is 12.7. The fourth-order valence-electron chi connectivity index (χ4n) is 1.02. The number of carbonyl (C=O) groups is 1. The number of nitrogens with one attached hydrogen (secondary N) is 1. The molecular weight excluding hydrogens is 230 g/mol. The summed E-state index contributed by atoms with van der Waals surface area (Å²) in [4.78, 5) is 29.0. The van der Waals surface area contributed by atoms with Gasteiger partial charge in [-0.1, -0.05) is 0 Å². The van der Waals surface area contributed by atoms with Crippen molar-refractivity contribution < 1.29 is 19.8 Å². The second-order valence-corrected chi connectivity index (χ2v) is 3.12. The van der Waals surface area contributed by atoms with Crippen molar-refractivity contribution in [1.82, 2.24) is 10.3 Å². The van der Waals surface area contributed by atoms with Gasteiger partial charge in [-0.15, -0.1) is 10.1 Å². The van der Waals surface area contributed by atoms with Gasteiger partial charge in [0.05, 0.1) is 11.7 Å². The highest BCUT2D eigenvalue weighted by molar-refractivity contribution is 5.93. The van der Waals surface area contributed by atoms with E-state index in [1.165, 1.54) is 12.4 Å². The van der Waals surface area contributed by atoms with Gasteiger partial charge in [-0.3, -0.25) is 9.78 Å². The second kappa shape index (κ2) is 6.38. The van der Waals surface area contributed by atoms with Crippen LogP contribution in [0.5, 0.6) is 0 Å². The number of hydrogen-bond donors (Lipinski definition) is 2. The fraction of sp³-hybridized carbons (Fsp3) is 0.333. The predicted octanol–water partition coefficient (Wildman–Crippen LogP) is -0.619. The van der Waals surface area contributed by atoms with Crippen LogP contribution in [0.25, 0.3) is 0 Å². The first-order chi connectivity index (χ1) is 8.09. The molecule has 1 rings (SSSR count). The molecule has 0 saturated carbocycles. The monoisotopic (exact) mass is 241 g/mol. The number of aromatic nitrogens is 1. The molecule has 0 aromatic carbocycles. The standard InChI is InChI=1S/C9H11N3O5/c13-8(6-17-12(15)16)5-11-9(14)7-2-1-3-10-4-7/h1-4,8,13H,5-6H2,(H,11,14)/t8-/m1/s1. The molecule has 8 heteroatoms. The lowest BCUT2D eigenvalue weighted by atomic mass is 10.2. The minimum atomic E-state index is -1.14. The van der Waals surface area contributed by atoms with Gasteiger partial charge in [-0.05, 0) is 12.1 Å². The van der Waals surface area contributed by atoms with E-state index in [1.54, 1.807) is 12.1 Å². The van der Waals surface area contributed by atoms with Crippen LogP contribution >= 0.6 is 0 Å². The first-order valence-electron chi connectivity index (χ1n) is 4.73. The van der Waals surface area contributed by atoms with Crippen LogP contribution in [0.15, 0.2) is 24.5 Å². The second-order valence-electron chi connectivity index (χ2n) is 3.12. The Hall–Kier alpha value is -2.22. The Balaban J connectivity index is 2.31. The van der Waals surface area contributed by atoms with Gasteiger partial charge in [0, 0.05) is 18.9 Å². The number of hydrogen-bond acceptors (Lipinski definition) is 6. The van der Waals surface area contributed by atoms with Gasteiger partial charge >= 0.3 is 0 Å². The number of rotatable bonds is 6. The number of nitrogens with zero attached hydrogens (tertiary/aromatic N) is 2. The lowest BCUT2D eigenvalue weighted by Gasteiger charge is -2.10. The minimum Gasteiger partial charge on any atom is -0.389 e. The summed E-state index contributed by atoms with van der Waals surface area (Å²) < 4.78 is 0. The molecule has 0 aliphatic rings. The van der Waals surface area contributed by atoms with Gasteiger partial charge in [0.2, 0.25) is 0 Å². The quantitative estimate of drug-likeness (QED) is 0.506. The van der Waals surface area contributed by atoms with Crippen LogP contribution in [0, 0.1) is 10.1 Å². The summed E-state index contributed by atoms with van der Waals surface area (Å²) in [5.41, 5.74) is 0.342. The molecule has 0 fully saturated rings. The Bertz CT molecular complexity index is 383. The fourth-order valence-corrected chi connectivity index (χ4v) is 1.02. The van der Waals surface area contributed by atoms with E-state index in [4.69, 9.17) is 0 Å². The first kappa shape index (κ1) is 12.8. The summed E-state index contributed by atoms with van der Waals surface area (Å²) >= 11 is 0. The Morgan fingerprint density at radius 3 is 3.06 bits per heavy atom. The highest BCUT2D eigenvalue weighted by Gasteiger charge is 2.10. The topological polar surface area (TPSA) is 115 Å². The molecule has 1 heterocycles. The Labute approximate surface area is 96.3 Å². The predicted molar refractivity (Wildman–Crippen MR) is 55.5 cm³/mol. The summed E-state index contributed by atoms with van der Waals surface area (Å²) in [6, 6.07) is 3.16. The van der Waals surface area contributed by atoms with Gasteiger partial charge in [0.15, 0.2) is 0 Å². The number of carbonyl (C=O) groups excluding carboxylic acids is 1. The summed E-state index contributed by atoms with van der Waals surface area (Å²) in [6.07, 6.45) is 1.76. The van der Waals surface area contributed by atoms with E-state index in [1.807, 2.05) is 0 Å². The molecule has 0 saturated heterocycles. The molecular formula is C9H11N3O5. The molecule has 1 aromatic heterocycles. The third-order valence-electron chi connectivity index (χ3n) is 1.79. The van der Waals surface area contributed by atoms with E-state index >= 15 is 0 Å². The van der Waals surface area contributed by atoms with Crippen molar-refractivity contribution in [2.24, 2.45) is 0 Å². The molecule has 0 spiro atoms. The first-order valence-corrected chi connectivity index (χ1v) is 4.73. The lowest BCUT2D eigenvalue weighted by Crippen LogP contribution is -2.35. The van der Waals surface area contributed by atoms with E-state index in [9.17, 15) is 20.0 Å². The van der Waals surface area contributed by atoms with Gasteiger partial charge in [-0.2, -0.15) is 0 Å². The maximum atomic E-state index is 11.5. The smallest absolute Gasteiger partial charge is 0.294 e. The third kappa shape index (κ3) is 4.89. The van der Waals surface area contributed by atoms with E-state index < -0.39 is 23.7 Å². The van der Waals surface area contributed by atoms with Crippen LogP contribution in [-0.2, 0) is 4.84 Å². The Morgan fingerprint density at radius 2 is 2.47 bits per heavy atom. The maximum Gasteiger partial charge on any atom is 0.294 e. The molecule has 0 aliphatic heterocycles. The number of pyridine rings is 1. The van der Waals surface area contributed by atoms with Crippen LogP contribution in [-0.4, -0.2) is 40.3 Å². The molecule has 8 nitrogen and oxygen atoms in total. The summed E-state index contributed by atoms with van der Waals surface area (Å²) in [6.45, 7) is -0.623. The Kier molecular flexibility index (Phi) is 4.82. The van der Waals surface area contributed by atoms with Gasteiger partial charge < -0.3 is 15.3 Å². The van der Waals surface area contributed by atoms with Crippen LogP contribution in [0.2, 0.25) is 0 Å². The SMILES string of the molecule is O=C(NC[C@@H](O)CO[N+](=O)[O-])c1cccnc1. The molecule has 0 aliphatic carbocycles. The number of amides is 1. The van der Waals surface area contributed by atoms with Crippen LogP contribution < -0.4 is 5.32 Å². The maximum absolute atomic E-state index is 11.5. The van der Waals surface area contributed by atoms with E-state index in [0.29, 0.717) is 5.56 Å². The summed E-state index contributed by atoms with van der Waals surface area (Å²) in [5, 5.41) is 20.5. The average Bonchev–Trinajstić information content (AvgIpc) is 2.34. The van der Waals surface area contributed by atoms with Gasteiger partial charge in [0.1, 0.15) is 6.61 Å². The van der Waals surface area contributed by atoms with Crippen molar-refractivity contribution in [3.8, 4) is 0 Å². The molecule has 1 aromatic rings. The number of aliphatic hydroxyl groups excluding tert-OH is 1. The van der Waals surface area contributed by atoms with Gasteiger partial charge in [0.25, 0.3) is 11.0 Å². The molecule has 0 bridgehead atoms. The molecule has 0 unspecified atom stereocenters. The lowest BCUT2D eigenvalue weighted by molar-refractivity contribution is -0.759. The molecule has 17 heavy (non-hydrogen) atoms.